The van der Waals surface area contributed by atoms with E-state index in [2.05, 4.69) is 60.5 Å². The number of fused-ring (bicyclic) bond motifs is 1. The summed E-state index contributed by atoms with van der Waals surface area (Å²) in [5, 5.41) is 12.9. The number of nitrogens with zero attached hydrogens (tertiary/aromatic N) is 7. The average Bonchev–Trinajstić information content (AvgIpc) is 3.53. The van der Waals surface area contributed by atoms with Crippen LogP contribution in [0.5, 0.6) is 0 Å². The third kappa shape index (κ3) is 3.96. The number of rotatable bonds is 5. The van der Waals surface area contributed by atoms with Crippen LogP contribution < -0.4 is 4.90 Å². The molecule has 5 aromatic rings. The fourth-order valence-corrected chi connectivity index (χ4v) is 4.23. The van der Waals surface area contributed by atoms with Crippen molar-refractivity contribution < 1.29 is 4.52 Å². The number of pyridine rings is 1. The fraction of sp³-hybridized carbons (Fsp3) is 0.200. The van der Waals surface area contributed by atoms with E-state index in [0.717, 1.165) is 55.3 Å². The Hall–Kier alpha value is -4.04. The molecular weight excluding hydrogens is 414 g/mol. The Balaban J connectivity index is 1.16. The molecule has 0 radical (unpaired) electrons. The SMILES string of the molecule is c1ccc(-c2noc(-c3ccn4c(CN5CCN(c6ccccc6)CC5)nnc4c3)n2)cc1. The Morgan fingerprint density at radius 3 is 2.33 bits per heavy atom. The van der Waals surface area contributed by atoms with Crippen molar-refractivity contribution in [3.63, 3.8) is 0 Å². The molecule has 1 saturated heterocycles. The lowest BCUT2D eigenvalue weighted by Gasteiger charge is -2.35. The van der Waals surface area contributed by atoms with Crippen LogP contribution in [0.25, 0.3) is 28.5 Å². The molecule has 0 N–H and O–H groups in total. The van der Waals surface area contributed by atoms with Gasteiger partial charge in [-0.15, -0.1) is 10.2 Å². The van der Waals surface area contributed by atoms with Crippen molar-refractivity contribution in [1.29, 1.82) is 0 Å². The largest absolute Gasteiger partial charge is 0.369 e. The van der Waals surface area contributed by atoms with Gasteiger partial charge in [0.2, 0.25) is 5.82 Å². The van der Waals surface area contributed by atoms with E-state index in [1.165, 1.54) is 5.69 Å². The molecule has 0 atom stereocenters. The minimum absolute atomic E-state index is 0.470. The minimum atomic E-state index is 0.470. The van der Waals surface area contributed by atoms with Gasteiger partial charge in [-0.25, -0.2) is 0 Å². The number of para-hydroxylation sites is 1. The van der Waals surface area contributed by atoms with E-state index in [9.17, 15) is 0 Å². The smallest absolute Gasteiger partial charge is 0.258 e. The van der Waals surface area contributed by atoms with Crippen LogP contribution in [0.15, 0.2) is 83.5 Å². The van der Waals surface area contributed by atoms with Gasteiger partial charge in [0.25, 0.3) is 5.89 Å². The normalized spacial score (nSPS) is 14.7. The first kappa shape index (κ1) is 19.6. The third-order valence-electron chi connectivity index (χ3n) is 6.04. The second kappa shape index (κ2) is 8.48. The summed E-state index contributed by atoms with van der Waals surface area (Å²) in [6.07, 6.45) is 1.98. The van der Waals surface area contributed by atoms with E-state index in [1.54, 1.807) is 0 Å². The monoisotopic (exact) mass is 437 g/mol. The Morgan fingerprint density at radius 1 is 0.788 bits per heavy atom. The van der Waals surface area contributed by atoms with Crippen LogP contribution in [0.1, 0.15) is 5.82 Å². The van der Waals surface area contributed by atoms with Crippen molar-refractivity contribution in [3.05, 3.63) is 84.8 Å². The molecule has 6 rings (SSSR count). The van der Waals surface area contributed by atoms with E-state index in [4.69, 9.17) is 4.52 Å². The molecule has 0 amide bonds. The summed E-state index contributed by atoms with van der Waals surface area (Å²) in [4.78, 5) is 9.40. The molecule has 4 heterocycles. The second-order valence-corrected chi connectivity index (χ2v) is 8.15. The number of hydrogen-bond acceptors (Lipinski definition) is 7. The first-order valence-electron chi connectivity index (χ1n) is 11.1. The maximum Gasteiger partial charge on any atom is 0.258 e. The molecule has 1 fully saturated rings. The molecule has 1 aliphatic heterocycles. The predicted octanol–water partition coefficient (Wildman–Crippen LogP) is 3.77. The highest BCUT2D eigenvalue weighted by molar-refractivity contribution is 5.62. The molecule has 3 aromatic heterocycles. The molecule has 8 nitrogen and oxygen atoms in total. The van der Waals surface area contributed by atoms with Crippen LogP contribution in [-0.4, -0.2) is 55.8 Å². The highest BCUT2D eigenvalue weighted by Gasteiger charge is 2.19. The minimum Gasteiger partial charge on any atom is -0.369 e. The van der Waals surface area contributed by atoms with Crippen LogP contribution in [0, 0.1) is 0 Å². The van der Waals surface area contributed by atoms with Crippen molar-refractivity contribution in [3.8, 4) is 22.8 Å². The van der Waals surface area contributed by atoms with Gasteiger partial charge in [0.15, 0.2) is 11.5 Å². The molecule has 0 spiro atoms. The zero-order chi connectivity index (χ0) is 22.0. The van der Waals surface area contributed by atoms with Gasteiger partial charge in [-0.3, -0.25) is 9.30 Å². The van der Waals surface area contributed by atoms with Crippen LogP contribution in [0.4, 0.5) is 5.69 Å². The summed E-state index contributed by atoms with van der Waals surface area (Å²) in [5.41, 5.74) is 3.80. The van der Waals surface area contributed by atoms with Gasteiger partial charge < -0.3 is 9.42 Å². The second-order valence-electron chi connectivity index (χ2n) is 8.15. The van der Waals surface area contributed by atoms with Gasteiger partial charge in [0, 0.05) is 49.2 Å². The van der Waals surface area contributed by atoms with Crippen molar-refractivity contribution >= 4 is 11.3 Å². The molecule has 0 bridgehead atoms. The number of piperazine rings is 1. The predicted molar refractivity (Wildman–Crippen MR) is 126 cm³/mol. The fourth-order valence-electron chi connectivity index (χ4n) is 4.23. The van der Waals surface area contributed by atoms with E-state index in [0.29, 0.717) is 11.7 Å². The highest BCUT2D eigenvalue weighted by Crippen LogP contribution is 2.23. The first-order chi connectivity index (χ1) is 16.3. The zero-order valence-electron chi connectivity index (χ0n) is 18.1. The summed E-state index contributed by atoms with van der Waals surface area (Å²) in [5.74, 6) is 1.97. The highest BCUT2D eigenvalue weighted by atomic mass is 16.5. The molecule has 8 heteroatoms. The number of benzene rings is 2. The quantitative estimate of drug-likeness (QED) is 0.414. The van der Waals surface area contributed by atoms with Gasteiger partial charge in [-0.05, 0) is 24.3 Å². The topological polar surface area (TPSA) is 75.6 Å². The van der Waals surface area contributed by atoms with Crippen molar-refractivity contribution in [1.82, 2.24) is 29.6 Å². The molecule has 0 unspecified atom stereocenters. The Kier molecular flexibility index (Phi) is 5.04. The Labute approximate surface area is 191 Å². The molecule has 164 valence electrons. The average molecular weight is 438 g/mol. The summed E-state index contributed by atoms with van der Waals surface area (Å²) in [7, 11) is 0. The van der Waals surface area contributed by atoms with E-state index >= 15 is 0 Å². The van der Waals surface area contributed by atoms with Gasteiger partial charge in [-0.2, -0.15) is 4.98 Å². The van der Waals surface area contributed by atoms with E-state index in [1.807, 2.05) is 53.1 Å². The summed E-state index contributed by atoms with van der Waals surface area (Å²) >= 11 is 0. The molecule has 33 heavy (non-hydrogen) atoms. The lowest BCUT2D eigenvalue weighted by Crippen LogP contribution is -2.46. The van der Waals surface area contributed by atoms with E-state index < -0.39 is 0 Å². The molecule has 0 saturated carbocycles. The lowest BCUT2D eigenvalue weighted by molar-refractivity contribution is 0.243. The van der Waals surface area contributed by atoms with Gasteiger partial charge in [0.05, 0.1) is 6.54 Å². The first-order valence-corrected chi connectivity index (χ1v) is 11.1. The summed E-state index contributed by atoms with van der Waals surface area (Å²) < 4.78 is 7.53. The molecular formula is C25H23N7O. The maximum atomic E-state index is 5.50. The summed E-state index contributed by atoms with van der Waals surface area (Å²) in [6, 6.07) is 24.3. The van der Waals surface area contributed by atoms with Crippen LogP contribution in [0.2, 0.25) is 0 Å². The molecule has 0 aliphatic carbocycles. The van der Waals surface area contributed by atoms with E-state index in [-0.39, 0.29) is 0 Å². The molecule has 2 aromatic carbocycles. The van der Waals surface area contributed by atoms with Crippen LogP contribution >= 0.6 is 0 Å². The van der Waals surface area contributed by atoms with Crippen LogP contribution in [0.3, 0.4) is 0 Å². The number of anilines is 1. The number of hydrogen-bond donors (Lipinski definition) is 0. The summed E-state index contributed by atoms with van der Waals surface area (Å²) in [6.45, 7) is 4.76. The van der Waals surface area contributed by atoms with Crippen LogP contribution in [-0.2, 0) is 6.54 Å². The van der Waals surface area contributed by atoms with Gasteiger partial charge in [0.1, 0.15) is 0 Å². The third-order valence-corrected chi connectivity index (χ3v) is 6.04. The number of aromatic nitrogens is 5. The maximum absolute atomic E-state index is 5.50. The standard InChI is InChI=1S/C25H23N7O/c1-3-7-19(8-4-1)24-26-25(33-29-24)20-11-12-32-22(17-20)27-28-23(32)18-30-13-15-31(16-14-30)21-9-5-2-6-10-21/h1-12,17H,13-16,18H2. The molecule has 1 aliphatic rings. The van der Waals surface area contributed by atoms with Crippen molar-refractivity contribution in [2.24, 2.45) is 0 Å². The van der Waals surface area contributed by atoms with Crippen molar-refractivity contribution in [2.45, 2.75) is 6.54 Å². The Bertz CT molecular complexity index is 1360. The van der Waals surface area contributed by atoms with Gasteiger partial charge in [-0.1, -0.05) is 53.7 Å². The zero-order valence-corrected chi connectivity index (χ0v) is 18.1. The van der Waals surface area contributed by atoms with Gasteiger partial charge >= 0.3 is 0 Å². The Morgan fingerprint density at radius 2 is 1.55 bits per heavy atom. The lowest BCUT2D eigenvalue weighted by atomic mass is 10.2. The van der Waals surface area contributed by atoms with Crippen molar-refractivity contribution in [2.75, 3.05) is 31.1 Å².